The number of ether oxygens (including phenoxy) is 1. The highest BCUT2D eigenvalue weighted by molar-refractivity contribution is 7.89. The summed E-state index contributed by atoms with van der Waals surface area (Å²) >= 11 is 0. The zero-order chi connectivity index (χ0) is 23.2. The van der Waals surface area contributed by atoms with Crippen molar-refractivity contribution in [3.05, 3.63) is 48.5 Å². The molecule has 0 heterocycles. The van der Waals surface area contributed by atoms with Gasteiger partial charge in [-0.1, -0.05) is 0 Å². The van der Waals surface area contributed by atoms with Crippen molar-refractivity contribution in [1.82, 2.24) is 9.03 Å². The van der Waals surface area contributed by atoms with Crippen molar-refractivity contribution in [2.24, 2.45) is 0 Å². The van der Waals surface area contributed by atoms with Crippen molar-refractivity contribution in [3.63, 3.8) is 0 Å². The Kier molecular flexibility index (Phi) is 8.18. The van der Waals surface area contributed by atoms with Gasteiger partial charge in [-0.15, -0.1) is 0 Å². The van der Waals surface area contributed by atoms with E-state index in [1.165, 1.54) is 67.0 Å². The second kappa shape index (κ2) is 10.2. The van der Waals surface area contributed by atoms with Crippen molar-refractivity contribution < 1.29 is 26.4 Å². The van der Waals surface area contributed by atoms with E-state index >= 15 is 0 Å². The van der Waals surface area contributed by atoms with E-state index in [2.05, 4.69) is 10.0 Å². The smallest absolute Gasteiger partial charge is 0.243 e. The van der Waals surface area contributed by atoms with Gasteiger partial charge in [0.15, 0.2) is 0 Å². The molecule has 0 aliphatic rings. The third-order valence-electron chi connectivity index (χ3n) is 4.56. The number of carbonyl (C=O) groups is 1. The molecule has 9 nitrogen and oxygen atoms in total. The Morgan fingerprint density at radius 3 is 2.03 bits per heavy atom. The number of nitrogens with one attached hydrogen (secondary N) is 2. The number of rotatable bonds is 10. The average molecular weight is 470 g/mol. The van der Waals surface area contributed by atoms with Gasteiger partial charge >= 0.3 is 0 Å². The fourth-order valence-corrected chi connectivity index (χ4v) is 4.91. The highest BCUT2D eigenvalue weighted by Gasteiger charge is 2.23. The Hall–Kier alpha value is -2.47. The fourth-order valence-electron chi connectivity index (χ4n) is 2.51. The summed E-state index contributed by atoms with van der Waals surface area (Å²) in [5.41, 5.74) is 0.411. The van der Waals surface area contributed by atoms with Crippen LogP contribution >= 0.6 is 0 Å². The molecule has 0 aliphatic carbocycles. The van der Waals surface area contributed by atoms with Gasteiger partial charge in [0.25, 0.3) is 0 Å². The first-order valence-electron chi connectivity index (χ1n) is 9.49. The van der Waals surface area contributed by atoms with Crippen molar-refractivity contribution in [2.75, 3.05) is 26.0 Å². The zero-order valence-corrected chi connectivity index (χ0v) is 19.5. The van der Waals surface area contributed by atoms with Crippen LogP contribution in [0.3, 0.4) is 0 Å². The van der Waals surface area contributed by atoms with Gasteiger partial charge in [-0.25, -0.2) is 21.6 Å². The Labute approximate surface area is 183 Å². The highest BCUT2D eigenvalue weighted by Crippen LogP contribution is 2.19. The standard InChI is InChI=1S/C20H27N3O6S2/c1-15(2)23(3)31(27,28)19-9-5-16(6-10-19)22-20(24)13-14-21-30(25,26)18-11-7-17(29-4)8-12-18/h5-12,15,21H,13-14H2,1-4H3,(H,22,24). The maximum atomic E-state index is 12.5. The summed E-state index contributed by atoms with van der Waals surface area (Å²) in [4.78, 5) is 12.3. The molecule has 0 radical (unpaired) electrons. The maximum absolute atomic E-state index is 12.5. The summed E-state index contributed by atoms with van der Waals surface area (Å²) in [6.07, 6.45) is -0.0917. The van der Waals surface area contributed by atoms with E-state index in [4.69, 9.17) is 4.74 Å². The lowest BCUT2D eigenvalue weighted by Gasteiger charge is -2.21. The molecule has 2 rings (SSSR count). The molecular formula is C20H27N3O6S2. The quantitative estimate of drug-likeness (QED) is 0.549. The van der Waals surface area contributed by atoms with E-state index in [1.54, 1.807) is 13.8 Å². The first-order chi connectivity index (χ1) is 14.5. The fraction of sp³-hybridized carbons (Fsp3) is 0.350. The van der Waals surface area contributed by atoms with Gasteiger partial charge in [-0.3, -0.25) is 4.79 Å². The number of anilines is 1. The van der Waals surface area contributed by atoms with Gasteiger partial charge < -0.3 is 10.1 Å². The molecule has 0 saturated heterocycles. The van der Waals surface area contributed by atoms with Crippen molar-refractivity contribution in [1.29, 1.82) is 0 Å². The van der Waals surface area contributed by atoms with Gasteiger partial charge in [0.1, 0.15) is 5.75 Å². The summed E-state index contributed by atoms with van der Waals surface area (Å²) in [5, 5.41) is 2.61. The lowest BCUT2D eigenvalue weighted by Crippen LogP contribution is -2.33. The van der Waals surface area contributed by atoms with E-state index in [-0.39, 0.29) is 28.8 Å². The van der Waals surface area contributed by atoms with Crippen molar-refractivity contribution in [2.45, 2.75) is 36.1 Å². The molecular weight excluding hydrogens is 442 g/mol. The van der Waals surface area contributed by atoms with Crippen LogP contribution in [0.25, 0.3) is 0 Å². The summed E-state index contributed by atoms with van der Waals surface area (Å²) < 4.78 is 58.1. The molecule has 0 aliphatic heterocycles. The molecule has 2 aromatic carbocycles. The predicted octanol–water partition coefficient (Wildman–Crippen LogP) is 2.03. The third-order valence-corrected chi connectivity index (χ3v) is 8.08. The minimum absolute atomic E-state index is 0.0665. The summed E-state index contributed by atoms with van der Waals surface area (Å²) in [6, 6.07) is 11.5. The summed E-state index contributed by atoms with van der Waals surface area (Å²) in [7, 11) is -4.37. The number of nitrogens with zero attached hydrogens (tertiary/aromatic N) is 1. The zero-order valence-electron chi connectivity index (χ0n) is 17.8. The lowest BCUT2D eigenvalue weighted by atomic mass is 10.3. The van der Waals surface area contributed by atoms with Crippen molar-refractivity contribution >= 4 is 31.6 Å². The van der Waals surface area contributed by atoms with E-state index in [0.29, 0.717) is 11.4 Å². The minimum atomic E-state index is -3.75. The minimum Gasteiger partial charge on any atom is -0.497 e. The SMILES string of the molecule is COc1ccc(S(=O)(=O)NCCC(=O)Nc2ccc(S(=O)(=O)N(C)C(C)C)cc2)cc1. The Morgan fingerprint density at radius 2 is 1.52 bits per heavy atom. The van der Waals surface area contributed by atoms with Crippen LogP contribution in [0, 0.1) is 0 Å². The number of methoxy groups -OCH3 is 1. The van der Waals surface area contributed by atoms with Crippen LogP contribution in [-0.4, -0.2) is 53.8 Å². The second-order valence-electron chi connectivity index (χ2n) is 7.01. The Balaban J connectivity index is 1.91. The monoisotopic (exact) mass is 469 g/mol. The third kappa shape index (κ3) is 6.50. The Morgan fingerprint density at radius 1 is 0.968 bits per heavy atom. The van der Waals surface area contributed by atoms with Crippen LogP contribution in [0.1, 0.15) is 20.3 Å². The Bertz CT molecular complexity index is 1100. The van der Waals surface area contributed by atoms with Gasteiger partial charge in [0, 0.05) is 31.7 Å². The molecule has 0 aromatic heterocycles. The second-order valence-corrected chi connectivity index (χ2v) is 10.8. The molecule has 2 N–H and O–H groups in total. The number of benzene rings is 2. The van der Waals surface area contributed by atoms with Crippen LogP contribution in [0.2, 0.25) is 0 Å². The molecule has 0 saturated carbocycles. The molecule has 11 heteroatoms. The number of amides is 1. The van der Waals surface area contributed by atoms with Crippen LogP contribution in [0.15, 0.2) is 58.3 Å². The number of sulfonamides is 2. The highest BCUT2D eigenvalue weighted by atomic mass is 32.2. The van der Waals surface area contributed by atoms with Crippen LogP contribution in [-0.2, 0) is 24.8 Å². The van der Waals surface area contributed by atoms with Crippen molar-refractivity contribution in [3.8, 4) is 5.75 Å². The average Bonchev–Trinajstić information content (AvgIpc) is 2.73. The van der Waals surface area contributed by atoms with Crippen LogP contribution in [0.5, 0.6) is 5.75 Å². The van der Waals surface area contributed by atoms with Gasteiger partial charge in [0.05, 0.1) is 16.9 Å². The largest absolute Gasteiger partial charge is 0.497 e. The van der Waals surface area contributed by atoms with Gasteiger partial charge in [-0.05, 0) is 62.4 Å². The summed E-state index contributed by atoms with van der Waals surface area (Å²) in [5.74, 6) is 0.125. The molecule has 0 bridgehead atoms. The normalized spacial score (nSPS) is 12.2. The van der Waals surface area contributed by atoms with E-state index in [9.17, 15) is 21.6 Å². The summed E-state index contributed by atoms with van der Waals surface area (Å²) in [6.45, 7) is 3.45. The van der Waals surface area contributed by atoms with Gasteiger partial charge in [-0.2, -0.15) is 4.31 Å². The first-order valence-corrected chi connectivity index (χ1v) is 12.4. The molecule has 2 aromatic rings. The molecule has 1 amide bonds. The van der Waals surface area contributed by atoms with E-state index < -0.39 is 26.0 Å². The molecule has 31 heavy (non-hydrogen) atoms. The first kappa shape index (κ1) is 24.8. The van der Waals surface area contributed by atoms with Gasteiger partial charge in [0.2, 0.25) is 26.0 Å². The topological polar surface area (TPSA) is 122 Å². The molecule has 0 spiro atoms. The number of hydrogen-bond donors (Lipinski definition) is 2. The molecule has 170 valence electrons. The maximum Gasteiger partial charge on any atom is 0.243 e. The number of carbonyl (C=O) groups excluding carboxylic acids is 1. The van der Waals surface area contributed by atoms with E-state index in [1.807, 2.05) is 0 Å². The molecule has 0 fully saturated rings. The lowest BCUT2D eigenvalue weighted by molar-refractivity contribution is -0.116. The molecule has 0 atom stereocenters. The van der Waals surface area contributed by atoms with Crippen LogP contribution < -0.4 is 14.8 Å². The predicted molar refractivity (Wildman–Crippen MR) is 118 cm³/mol. The number of hydrogen-bond acceptors (Lipinski definition) is 6. The van der Waals surface area contributed by atoms with Crippen LogP contribution in [0.4, 0.5) is 5.69 Å². The molecule has 0 unspecified atom stereocenters. The van der Waals surface area contributed by atoms with E-state index in [0.717, 1.165) is 0 Å².